The van der Waals surface area contributed by atoms with E-state index in [1.165, 1.54) is 35.2 Å². The van der Waals surface area contributed by atoms with Gasteiger partial charge in [0.1, 0.15) is 15.9 Å². The Bertz CT molecular complexity index is 1230. The zero-order valence-corrected chi connectivity index (χ0v) is 18.0. The number of aromatic amines is 1. The summed E-state index contributed by atoms with van der Waals surface area (Å²) in [5.74, 6) is -1.36. The summed E-state index contributed by atoms with van der Waals surface area (Å²) in [5.41, 5.74) is 1.11. The Hall–Kier alpha value is -2.98. The lowest BCUT2D eigenvalue weighted by molar-refractivity contribution is -0.167. The fourth-order valence-electron chi connectivity index (χ4n) is 3.05. The zero-order chi connectivity index (χ0) is 21.6. The van der Waals surface area contributed by atoms with Crippen LogP contribution in [0.5, 0.6) is 0 Å². The molecule has 1 aliphatic heterocycles. The third-order valence-corrected chi connectivity index (χ3v) is 7.06. The van der Waals surface area contributed by atoms with E-state index in [1.807, 2.05) is 13.8 Å². The van der Waals surface area contributed by atoms with Crippen molar-refractivity contribution in [2.45, 2.75) is 31.8 Å². The second kappa shape index (κ2) is 7.69. The molecule has 30 heavy (non-hydrogen) atoms. The first-order valence-corrected chi connectivity index (χ1v) is 10.9. The van der Waals surface area contributed by atoms with Crippen LogP contribution in [-0.2, 0) is 15.4 Å². The minimum atomic E-state index is -0.735. The van der Waals surface area contributed by atoms with Crippen LogP contribution in [0.1, 0.15) is 43.9 Å². The first kappa shape index (κ1) is 20.3. The maximum atomic E-state index is 12.4. The number of rotatable bonds is 5. The number of thioether (sulfide) groups is 1. The van der Waals surface area contributed by atoms with E-state index in [-0.39, 0.29) is 22.4 Å². The molecular formula is C20H17N3O5S2. The predicted octanol–water partition coefficient (Wildman–Crippen LogP) is 2.98. The van der Waals surface area contributed by atoms with E-state index in [9.17, 15) is 19.2 Å². The van der Waals surface area contributed by atoms with E-state index in [0.29, 0.717) is 21.1 Å². The number of hydroxylamine groups is 2. The summed E-state index contributed by atoms with van der Waals surface area (Å²) in [7, 11) is 0. The minimum Gasteiger partial charge on any atom is -0.328 e. The third kappa shape index (κ3) is 3.41. The number of H-pyrrole nitrogens is 1. The van der Waals surface area contributed by atoms with Gasteiger partial charge in [-0.15, -0.1) is 23.1 Å². The van der Waals surface area contributed by atoms with Crippen LogP contribution in [0.2, 0.25) is 0 Å². The molecule has 0 saturated heterocycles. The van der Waals surface area contributed by atoms with Gasteiger partial charge in [0.05, 0.1) is 22.3 Å². The highest BCUT2D eigenvalue weighted by Gasteiger charge is 2.39. The second-order valence-electron chi connectivity index (χ2n) is 6.79. The van der Waals surface area contributed by atoms with Gasteiger partial charge in [-0.05, 0) is 38.5 Å². The molecule has 3 aromatic rings. The van der Waals surface area contributed by atoms with Crippen molar-refractivity contribution in [3.05, 3.63) is 62.0 Å². The van der Waals surface area contributed by atoms with Crippen LogP contribution in [-0.4, -0.2) is 38.1 Å². The highest BCUT2D eigenvalue weighted by Crippen LogP contribution is 2.27. The Morgan fingerprint density at radius 1 is 1.20 bits per heavy atom. The molecule has 1 unspecified atom stereocenters. The molecule has 3 heterocycles. The number of aromatic nitrogens is 2. The summed E-state index contributed by atoms with van der Waals surface area (Å²) in [6.07, 6.45) is 0. The van der Waals surface area contributed by atoms with Crippen LogP contribution >= 0.6 is 23.1 Å². The van der Waals surface area contributed by atoms with E-state index in [4.69, 9.17) is 4.84 Å². The summed E-state index contributed by atoms with van der Waals surface area (Å²) in [5, 5.41) is 0.388. The Morgan fingerprint density at radius 2 is 1.83 bits per heavy atom. The lowest BCUT2D eigenvalue weighted by Crippen LogP contribution is -2.35. The van der Waals surface area contributed by atoms with Gasteiger partial charge in [-0.3, -0.25) is 14.4 Å². The molecule has 0 saturated carbocycles. The number of carbonyl (C=O) groups excluding carboxylic acids is 3. The number of imide groups is 1. The van der Waals surface area contributed by atoms with Crippen LogP contribution in [0.4, 0.5) is 0 Å². The molecule has 0 spiro atoms. The summed E-state index contributed by atoms with van der Waals surface area (Å²) < 4.78 is 0. The van der Waals surface area contributed by atoms with E-state index in [0.717, 1.165) is 10.4 Å². The van der Waals surface area contributed by atoms with Crippen LogP contribution in [0.25, 0.3) is 10.2 Å². The number of nitrogens with one attached hydrogen (secondary N) is 1. The van der Waals surface area contributed by atoms with E-state index in [2.05, 4.69) is 9.97 Å². The number of benzene rings is 1. The van der Waals surface area contributed by atoms with Gasteiger partial charge >= 0.3 is 5.97 Å². The number of hydrogen-bond donors (Lipinski definition) is 1. The van der Waals surface area contributed by atoms with Crippen molar-refractivity contribution in [1.82, 2.24) is 15.0 Å². The smallest absolute Gasteiger partial charge is 0.328 e. The number of amides is 2. The monoisotopic (exact) mass is 443 g/mol. The van der Waals surface area contributed by atoms with Gasteiger partial charge in [-0.25, -0.2) is 9.78 Å². The van der Waals surface area contributed by atoms with Gasteiger partial charge in [-0.2, -0.15) is 0 Å². The molecule has 0 radical (unpaired) electrons. The molecule has 1 N–H and O–H groups in total. The molecule has 0 bridgehead atoms. The topological polar surface area (TPSA) is 109 Å². The molecule has 2 amide bonds. The maximum absolute atomic E-state index is 12.4. The number of fused-ring (bicyclic) bond motifs is 2. The first-order valence-electron chi connectivity index (χ1n) is 9.08. The van der Waals surface area contributed by atoms with Crippen molar-refractivity contribution in [2.24, 2.45) is 0 Å². The Morgan fingerprint density at radius 3 is 2.47 bits per heavy atom. The third-order valence-electron chi connectivity index (χ3n) is 4.83. The van der Waals surface area contributed by atoms with Gasteiger partial charge in [0, 0.05) is 4.88 Å². The van der Waals surface area contributed by atoms with Gasteiger partial charge in [0.15, 0.2) is 0 Å². The van der Waals surface area contributed by atoms with Crippen LogP contribution in [0.15, 0.2) is 29.1 Å². The molecule has 1 aromatic carbocycles. The van der Waals surface area contributed by atoms with Crippen LogP contribution in [0.3, 0.4) is 0 Å². The molecule has 10 heteroatoms. The fraction of sp³-hybridized carbons (Fsp3) is 0.250. The maximum Gasteiger partial charge on any atom is 0.345 e. The van der Waals surface area contributed by atoms with Gasteiger partial charge in [0.2, 0.25) is 0 Å². The molecule has 1 aliphatic rings. The predicted molar refractivity (Wildman–Crippen MR) is 114 cm³/mol. The minimum absolute atomic E-state index is 0.201. The molecule has 0 aliphatic carbocycles. The Labute approximate surface area is 179 Å². The number of nitrogens with zero attached hydrogens (tertiary/aromatic N) is 2. The SMILES string of the molecule is Cc1sc2nc(CSC(C)C(=O)ON3C(=O)c4ccccc4C3=O)[nH]c(=O)c2c1C. The highest BCUT2D eigenvalue weighted by molar-refractivity contribution is 7.99. The van der Waals surface area contributed by atoms with E-state index in [1.54, 1.807) is 19.1 Å². The summed E-state index contributed by atoms with van der Waals surface area (Å²) >= 11 is 2.63. The summed E-state index contributed by atoms with van der Waals surface area (Å²) in [4.78, 5) is 63.4. The van der Waals surface area contributed by atoms with E-state index < -0.39 is 23.0 Å². The summed E-state index contributed by atoms with van der Waals surface area (Å²) in [6.45, 7) is 5.42. The van der Waals surface area contributed by atoms with Crippen molar-refractivity contribution in [1.29, 1.82) is 0 Å². The lowest BCUT2D eigenvalue weighted by atomic mass is 10.1. The number of hydrogen-bond acceptors (Lipinski definition) is 8. The van der Waals surface area contributed by atoms with Crippen molar-refractivity contribution in [2.75, 3.05) is 0 Å². The number of aryl methyl sites for hydroxylation is 2. The highest BCUT2D eigenvalue weighted by atomic mass is 32.2. The average Bonchev–Trinajstić information content (AvgIpc) is 3.14. The largest absolute Gasteiger partial charge is 0.345 e. The first-order chi connectivity index (χ1) is 14.3. The van der Waals surface area contributed by atoms with Gasteiger partial charge in [0.25, 0.3) is 17.4 Å². The Balaban J connectivity index is 1.42. The zero-order valence-electron chi connectivity index (χ0n) is 16.3. The van der Waals surface area contributed by atoms with Gasteiger partial charge in [-0.1, -0.05) is 17.2 Å². The molecule has 8 nitrogen and oxygen atoms in total. The van der Waals surface area contributed by atoms with Crippen molar-refractivity contribution >= 4 is 51.1 Å². The van der Waals surface area contributed by atoms with E-state index >= 15 is 0 Å². The van der Waals surface area contributed by atoms with Crippen LogP contribution < -0.4 is 5.56 Å². The number of thiophene rings is 1. The standard InChI is InChI=1S/C20H17N3O5S2/c1-9-10(2)30-17-15(9)16(24)21-14(22-17)8-29-11(3)20(27)28-23-18(25)12-6-4-5-7-13(12)19(23)26/h4-7,11H,8H2,1-3H3,(H,21,22,24). The van der Waals surface area contributed by atoms with Crippen molar-refractivity contribution in [3.8, 4) is 0 Å². The molecule has 1 atom stereocenters. The quantitative estimate of drug-likeness (QED) is 0.604. The van der Waals surface area contributed by atoms with Crippen molar-refractivity contribution in [3.63, 3.8) is 0 Å². The van der Waals surface area contributed by atoms with Crippen LogP contribution in [0, 0.1) is 13.8 Å². The normalized spacial score (nSPS) is 14.3. The summed E-state index contributed by atoms with van der Waals surface area (Å²) in [6, 6.07) is 6.28. The molecule has 154 valence electrons. The molecule has 0 fully saturated rings. The fourth-order valence-corrected chi connectivity index (χ4v) is 4.83. The molecule has 4 rings (SSSR count). The van der Waals surface area contributed by atoms with Gasteiger partial charge < -0.3 is 9.82 Å². The Kier molecular flexibility index (Phi) is 5.20. The van der Waals surface area contributed by atoms with Crippen molar-refractivity contribution < 1.29 is 19.2 Å². The number of carbonyl (C=O) groups is 3. The lowest BCUT2D eigenvalue weighted by Gasteiger charge is -2.16. The molecule has 2 aromatic heterocycles. The average molecular weight is 444 g/mol. The molecular weight excluding hydrogens is 426 g/mol. The second-order valence-corrected chi connectivity index (χ2v) is 9.32.